The number of hydrogen-bond acceptors (Lipinski definition) is 2. The first-order valence-corrected chi connectivity index (χ1v) is 6.63. The van der Waals surface area contributed by atoms with Gasteiger partial charge in [0.1, 0.15) is 0 Å². The quantitative estimate of drug-likeness (QED) is 0.760. The second kappa shape index (κ2) is 7.17. The van der Waals surface area contributed by atoms with Crippen molar-refractivity contribution in [3.8, 4) is 0 Å². The van der Waals surface area contributed by atoms with Crippen LogP contribution in [0.15, 0.2) is 12.1 Å². The summed E-state index contributed by atoms with van der Waals surface area (Å²) >= 11 is 0. The molecule has 0 aliphatic rings. The summed E-state index contributed by atoms with van der Waals surface area (Å²) < 4.78 is 0. The van der Waals surface area contributed by atoms with Crippen LogP contribution >= 0.6 is 0 Å². The van der Waals surface area contributed by atoms with Gasteiger partial charge in [0.25, 0.3) is 0 Å². The highest BCUT2D eigenvalue weighted by Crippen LogP contribution is 2.21. The topological polar surface area (TPSA) is 41.1 Å². The molecule has 0 aromatic heterocycles. The van der Waals surface area contributed by atoms with E-state index in [4.69, 9.17) is 0 Å². The first-order chi connectivity index (χ1) is 8.54. The molecule has 0 saturated carbocycles. The average molecular weight is 248 g/mol. The molecule has 0 unspecified atom stereocenters. The van der Waals surface area contributed by atoms with Gasteiger partial charge >= 0.3 is 0 Å². The Balaban J connectivity index is 2.54. The lowest BCUT2D eigenvalue weighted by Crippen LogP contribution is -2.29. The van der Waals surface area contributed by atoms with E-state index in [2.05, 4.69) is 36.6 Å². The minimum atomic E-state index is 0.0288. The first kappa shape index (κ1) is 14.7. The third-order valence-corrected chi connectivity index (χ3v) is 2.93. The standard InChI is InChI=1S/C15H24N2O/c1-5-6-7-16-10-14(18)17-15-12(3)8-11(2)9-13(15)4/h8-9,16H,5-7,10H2,1-4H3,(H,17,18). The average Bonchev–Trinajstić information content (AvgIpc) is 2.29. The van der Waals surface area contributed by atoms with E-state index < -0.39 is 0 Å². The molecule has 0 bridgehead atoms. The number of carbonyl (C=O) groups is 1. The Morgan fingerprint density at radius 2 is 1.78 bits per heavy atom. The van der Waals surface area contributed by atoms with Crippen LogP contribution in [0, 0.1) is 20.8 Å². The van der Waals surface area contributed by atoms with E-state index in [9.17, 15) is 4.79 Å². The fourth-order valence-corrected chi connectivity index (χ4v) is 2.06. The third kappa shape index (κ3) is 4.49. The zero-order valence-corrected chi connectivity index (χ0v) is 11.9. The van der Waals surface area contributed by atoms with Gasteiger partial charge in [0.15, 0.2) is 0 Å². The first-order valence-electron chi connectivity index (χ1n) is 6.63. The van der Waals surface area contributed by atoms with Gasteiger partial charge in [-0.3, -0.25) is 4.79 Å². The second-order valence-electron chi connectivity index (χ2n) is 4.85. The Labute approximate surface area is 110 Å². The van der Waals surface area contributed by atoms with Gasteiger partial charge in [-0.25, -0.2) is 0 Å². The Bertz CT molecular complexity index is 390. The number of nitrogens with one attached hydrogen (secondary N) is 2. The maximum Gasteiger partial charge on any atom is 0.238 e. The van der Waals surface area contributed by atoms with Gasteiger partial charge in [-0.05, 0) is 44.9 Å². The number of rotatable bonds is 6. The van der Waals surface area contributed by atoms with Crippen molar-refractivity contribution in [3.05, 3.63) is 28.8 Å². The molecule has 2 N–H and O–H groups in total. The lowest BCUT2D eigenvalue weighted by molar-refractivity contribution is -0.115. The summed E-state index contributed by atoms with van der Waals surface area (Å²) in [5.41, 5.74) is 4.41. The molecule has 1 aromatic carbocycles. The van der Waals surface area contributed by atoms with Crippen LogP contribution in [0.25, 0.3) is 0 Å². The van der Waals surface area contributed by atoms with Gasteiger partial charge < -0.3 is 10.6 Å². The summed E-state index contributed by atoms with van der Waals surface area (Å²) in [6.45, 7) is 9.54. The van der Waals surface area contributed by atoms with Gasteiger partial charge in [-0.2, -0.15) is 0 Å². The number of amides is 1. The van der Waals surface area contributed by atoms with E-state index in [0.717, 1.165) is 36.2 Å². The molecule has 100 valence electrons. The molecule has 0 radical (unpaired) electrons. The summed E-state index contributed by atoms with van der Waals surface area (Å²) in [7, 11) is 0. The molecule has 3 heteroatoms. The molecule has 1 aromatic rings. The summed E-state index contributed by atoms with van der Waals surface area (Å²) in [4.78, 5) is 11.8. The SMILES string of the molecule is CCCCNCC(=O)Nc1c(C)cc(C)cc1C. The highest BCUT2D eigenvalue weighted by Gasteiger charge is 2.07. The van der Waals surface area contributed by atoms with Gasteiger partial charge in [0.05, 0.1) is 6.54 Å². The predicted octanol–water partition coefficient (Wildman–Crippen LogP) is 2.94. The van der Waals surface area contributed by atoms with Crippen molar-refractivity contribution >= 4 is 11.6 Å². The van der Waals surface area contributed by atoms with E-state index >= 15 is 0 Å². The lowest BCUT2D eigenvalue weighted by atomic mass is 10.1. The van der Waals surface area contributed by atoms with Crippen LogP contribution in [0.2, 0.25) is 0 Å². The highest BCUT2D eigenvalue weighted by molar-refractivity contribution is 5.93. The smallest absolute Gasteiger partial charge is 0.238 e. The number of benzene rings is 1. The zero-order valence-electron chi connectivity index (χ0n) is 11.9. The van der Waals surface area contributed by atoms with Crippen LogP contribution in [-0.4, -0.2) is 19.0 Å². The van der Waals surface area contributed by atoms with Crippen LogP contribution in [0.1, 0.15) is 36.5 Å². The van der Waals surface area contributed by atoms with Crippen LogP contribution in [-0.2, 0) is 4.79 Å². The van der Waals surface area contributed by atoms with Crippen molar-refractivity contribution in [2.75, 3.05) is 18.4 Å². The summed E-state index contributed by atoms with van der Waals surface area (Å²) in [5, 5.41) is 6.13. The number of aryl methyl sites for hydroxylation is 3. The maximum atomic E-state index is 11.8. The molecule has 0 aliphatic heterocycles. The van der Waals surface area contributed by atoms with Crippen molar-refractivity contribution < 1.29 is 4.79 Å². The number of unbranched alkanes of at least 4 members (excludes halogenated alkanes) is 1. The molecule has 0 fully saturated rings. The monoisotopic (exact) mass is 248 g/mol. The van der Waals surface area contributed by atoms with Crippen LogP contribution in [0.3, 0.4) is 0 Å². The van der Waals surface area contributed by atoms with Crippen LogP contribution in [0.5, 0.6) is 0 Å². The van der Waals surface area contributed by atoms with Crippen molar-refractivity contribution in [1.29, 1.82) is 0 Å². The minimum absolute atomic E-state index is 0.0288. The van der Waals surface area contributed by atoms with E-state index in [1.165, 1.54) is 5.56 Å². The van der Waals surface area contributed by atoms with Gasteiger partial charge in [-0.1, -0.05) is 31.0 Å². The molecule has 1 amide bonds. The molecule has 3 nitrogen and oxygen atoms in total. The van der Waals surface area contributed by atoms with Crippen LogP contribution in [0.4, 0.5) is 5.69 Å². The summed E-state index contributed by atoms with van der Waals surface area (Å²) in [5.74, 6) is 0.0288. The zero-order chi connectivity index (χ0) is 13.5. The second-order valence-corrected chi connectivity index (χ2v) is 4.85. The molecule has 0 atom stereocenters. The molecule has 0 aliphatic carbocycles. The Morgan fingerprint density at radius 3 is 2.33 bits per heavy atom. The Hall–Kier alpha value is -1.35. The molecule has 1 rings (SSSR count). The Kier molecular flexibility index (Phi) is 5.86. The largest absolute Gasteiger partial charge is 0.324 e. The fraction of sp³-hybridized carbons (Fsp3) is 0.533. The fourth-order valence-electron chi connectivity index (χ4n) is 2.06. The minimum Gasteiger partial charge on any atom is -0.324 e. The van der Waals surface area contributed by atoms with E-state index in [1.807, 2.05) is 13.8 Å². The number of carbonyl (C=O) groups excluding carboxylic acids is 1. The van der Waals surface area contributed by atoms with Gasteiger partial charge in [-0.15, -0.1) is 0 Å². The highest BCUT2D eigenvalue weighted by atomic mass is 16.1. The van der Waals surface area contributed by atoms with Gasteiger partial charge in [0.2, 0.25) is 5.91 Å². The molecule has 18 heavy (non-hydrogen) atoms. The van der Waals surface area contributed by atoms with E-state index in [1.54, 1.807) is 0 Å². The van der Waals surface area contributed by atoms with Gasteiger partial charge in [0, 0.05) is 5.69 Å². The number of anilines is 1. The summed E-state index contributed by atoms with van der Waals surface area (Å²) in [6.07, 6.45) is 2.25. The molecular weight excluding hydrogens is 224 g/mol. The molecular formula is C15H24N2O. The van der Waals surface area contributed by atoms with Crippen molar-refractivity contribution in [3.63, 3.8) is 0 Å². The van der Waals surface area contributed by atoms with E-state index in [-0.39, 0.29) is 5.91 Å². The van der Waals surface area contributed by atoms with Crippen molar-refractivity contribution in [2.45, 2.75) is 40.5 Å². The predicted molar refractivity (Wildman–Crippen MR) is 77.1 cm³/mol. The lowest BCUT2D eigenvalue weighted by Gasteiger charge is -2.13. The maximum absolute atomic E-state index is 11.8. The normalized spacial score (nSPS) is 10.4. The Morgan fingerprint density at radius 1 is 1.17 bits per heavy atom. The number of hydrogen-bond donors (Lipinski definition) is 2. The summed E-state index contributed by atoms with van der Waals surface area (Å²) in [6, 6.07) is 4.18. The van der Waals surface area contributed by atoms with Crippen LogP contribution < -0.4 is 10.6 Å². The van der Waals surface area contributed by atoms with Crippen molar-refractivity contribution in [1.82, 2.24) is 5.32 Å². The van der Waals surface area contributed by atoms with E-state index in [0.29, 0.717) is 6.54 Å². The van der Waals surface area contributed by atoms with Crippen molar-refractivity contribution in [2.24, 2.45) is 0 Å². The molecule has 0 heterocycles. The molecule has 0 spiro atoms. The molecule has 0 saturated heterocycles. The third-order valence-electron chi connectivity index (χ3n) is 2.93.